The van der Waals surface area contributed by atoms with E-state index in [4.69, 9.17) is 5.73 Å². The van der Waals surface area contributed by atoms with Crippen molar-refractivity contribution in [3.05, 3.63) is 0 Å². The molecule has 0 aliphatic carbocycles. The normalized spacial score (nSPS) is 22.3. The Kier molecular flexibility index (Phi) is 5.26. The van der Waals surface area contributed by atoms with Gasteiger partial charge in [-0.1, -0.05) is 27.7 Å². The first-order chi connectivity index (χ1) is 7.49. The first kappa shape index (κ1) is 14.0. The number of hydrogen-bond acceptors (Lipinski definition) is 2. The van der Waals surface area contributed by atoms with Gasteiger partial charge in [0.15, 0.2) is 0 Å². The predicted octanol–water partition coefficient (Wildman–Crippen LogP) is 2.87. The molecule has 1 unspecified atom stereocenters. The van der Waals surface area contributed by atoms with Crippen molar-refractivity contribution in [3.63, 3.8) is 0 Å². The van der Waals surface area contributed by atoms with Gasteiger partial charge in [0.05, 0.1) is 0 Å². The molecule has 1 heterocycles. The number of piperidine rings is 1. The number of rotatable bonds is 4. The maximum Gasteiger partial charge on any atom is 0.0105 e. The van der Waals surface area contributed by atoms with E-state index in [2.05, 4.69) is 32.6 Å². The van der Waals surface area contributed by atoms with E-state index >= 15 is 0 Å². The van der Waals surface area contributed by atoms with Gasteiger partial charge in [-0.2, -0.15) is 0 Å². The van der Waals surface area contributed by atoms with Crippen molar-refractivity contribution >= 4 is 0 Å². The summed E-state index contributed by atoms with van der Waals surface area (Å²) in [4.78, 5) is 2.66. The van der Waals surface area contributed by atoms with Gasteiger partial charge in [-0.25, -0.2) is 0 Å². The topological polar surface area (TPSA) is 29.3 Å². The van der Waals surface area contributed by atoms with Crippen LogP contribution >= 0.6 is 0 Å². The maximum atomic E-state index is 5.68. The first-order valence-corrected chi connectivity index (χ1v) is 6.93. The van der Waals surface area contributed by atoms with Crippen molar-refractivity contribution in [2.24, 2.45) is 17.1 Å². The Morgan fingerprint density at radius 2 is 1.81 bits per heavy atom. The highest BCUT2D eigenvalue weighted by atomic mass is 15.2. The number of likely N-dealkylation sites (tertiary alicyclic amines) is 1. The third kappa shape index (κ3) is 3.74. The van der Waals surface area contributed by atoms with E-state index in [0.717, 1.165) is 24.9 Å². The lowest BCUT2D eigenvalue weighted by atomic mass is 9.75. The van der Waals surface area contributed by atoms with Gasteiger partial charge in [-0.3, -0.25) is 0 Å². The Morgan fingerprint density at radius 3 is 2.19 bits per heavy atom. The van der Waals surface area contributed by atoms with Crippen molar-refractivity contribution in [2.75, 3.05) is 19.6 Å². The molecule has 0 amide bonds. The molecule has 2 heteroatoms. The summed E-state index contributed by atoms with van der Waals surface area (Å²) in [5, 5.41) is 0. The summed E-state index contributed by atoms with van der Waals surface area (Å²) in [5.41, 5.74) is 6.17. The molecule has 96 valence electrons. The van der Waals surface area contributed by atoms with Crippen LogP contribution < -0.4 is 5.73 Å². The molecule has 1 aliphatic heterocycles. The van der Waals surface area contributed by atoms with Gasteiger partial charge in [-0.05, 0) is 56.7 Å². The molecule has 1 fully saturated rings. The molecule has 0 saturated carbocycles. The van der Waals surface area contributed by atoms with Crippen LogP contribution in [0.15, 0.2) is 0 Å². The van der Waals surface area contributed by atoms with E-state index in [1.54, 1.807) is 0 Å². The van der Waals surface area contributed by atoms with E-state index in [9.17, 15) is 0 Å². The van der Waals surface area contributed by atoms with Crippen LogP contribution in [0, 0.1) is 11.3 Å². The molecule has 0 aromatic carbocycles. The lowest BCUT2D eigenvalue weighted by molar-refractivity contribution is 0.0786. The Morgan fingerprint density at radius 1 is 1.25 bits per heavy atom. The average Bonchev–Trinajstić information content (AvgIpc) is 2.25. The SMILES string of the molecule is CCC(CCN)N1CCC(C(C)(C)C)CC1. The first-order valence-electron chi connectivity index (χ1n) is 6.93. The molecule has 0 bridgehead atoms. The van der Waals surface area contributed by atoms with Crippen LogP contribution in [-0.2, 0) is 0 Å². The van der Waals surface area contributed by atoms with Gasteiger partial charge < -0.3 is 10.6 Å². The van der Waals surface area contributed by atoms with Crippen molar-refractivity contribution in [2.45, 2.75) is 59.4 Å². The minimum absolute atomic E-state index is 0.488. The Labute approximate surface area is 102 Å². The predicted molar refractivity (Wildman–Crippen MR) is 71.5 cm³/mol. The summed E-state index contributed by atoms with van der Waals surface area (Å²) >= 11 is 0. The largest absolute Gasteiger partial charge is 0.330 e. The molecule has 1 atom stereocenters. The third-order valence-electron chi connectivity index (χ3n) is 4.24. The zero-order valence-corrected chi connectivity index (χ0v) is 11.6. The van der Waals surface area contributed by atoms with E-state index < -0.39 is 0 Å². The highest BCUT2D eigenvalue weighted by Gasteiger charge is 2.30. The van der Waals surface area contributed by atoms with Crippen molar-refractivity contribution < 1.29 is 0 Å². The molecule has 2 nitrogen and oxygen atoms in total. The van der Waals surface area contributed by atoms with Crippen molar-refractivity contribution in [3.8, 4) is 0 Å². The molecule has 16 heavy (non-hydrogen) atoms. The second-order valence-corrected chi connectivity index (χ2v) is 6.32. The van der Waals surface area contributed by atoms with Crippen molar-refractivity contribution in [1.82, 2.24) is 4.90 Å². The summed E-state index contributed by atoms with van der Waals surface area (Å²) in [5.74, 6) is 0.902. The van der Waals surface area contributed by atoms with E-state index in [1.165, 1.54) is 32.4 Å². The van der Waals surface area contributed by atoms with Gasteiger partial charge >= 0.3 is 0 Å². The van der Waals surface area contributed by atoms with Crippen LogP contribution in [-0.4, -0.2) is 30.6 Å². The minimum Gasteiger partial charge on any atom is -0.330 e. The van der Waals surface area contributed by atoms with E-state index in [1.807, 2.05) is 0 Å². The second-order valence-electron chi connectivity index (χ2n) is 6.32. The fourth-order valence-electron chi connectivity index (χ4n) is 2.97. The zero-order chi connectivity index (χ0) is 12.2. The third-order valence-corrected chi connectivity index (χ3v) is 4.24. The molecule has 1 aliphatic rings. The lowest BCUT2D eigenvalue weighted by Gasteiger charge is -2.41. The van der Waals surface area contributed by atoms with Gasteiger partial charge in [0, 0.05) is 6.04 Å². The zero-order valence-electron chi connectivity index (χ0n) is 11.6. The molecule has 1 rings (SSSR count). The molecule has 1 saturated heterocycles. The van der Waals surface area contributed by atoms with Gasteiger partial charge in [-0.15, -0.1) is 0 Å². The number of hydrogen-bond donors (Lipinski definition) is 1. The van der Waals surface area contributed by atoms with E-state index in [0.29, 0.717) is 5.41 Å². The number of nitrogens with zero attached hydrogens (tertiary/aromatic N) is 1. The Bertz CT molecular complexity index is 187. The van der Waals surface area contributed by atoms with Gasteiger partial charge in [0.2, 0.25) is 0 Å². The molecule has 0 spiro atoms. The smallest absolute Gasteiger partial charge is 0.0105 e. The standard InChI is InChI=1S/C14H30N2/c1-5-13(6-9-15)16-10-7-12(8-11-16)14(2,3)4/h12-13H,5-11,15H2,1-4H3. The quantitative estimate of drug-likeness (QED) is 0.798. The molecular formula is C14H30N2. The highest BCUT2D eigenvalue weighted by Crippen LogP contribution is 2.35. The fourth-order valence-corrected chi connectivity index (χ4v) is 2.97. The highest BCUT2D eigenvalue weighted by molar-refractivity contribution is 4.83. The number of nitrogens with two attached hydrogens (primary N) is 1. The minimum atomic E-state index is 0.488. The van der Waals surface area contributed by atoms with Gasteiger partial charge in [0.1, 0.15) is 0 Å². The molecule has 0 aromatic heterocycles. The van der Waals surface area contributed by atoms with Crippen LogP contribution in [0.2, 0.25) is 0 Å². The van der Waals surface area contributed by atoms with Crippen molar-refractivity contribution in [1.29, 1.82) is 0 Å². The van der Waals surface area contributed by atoms with Crippen LogP contribution in [0.1, 0.15) is 53.4 Å². The van der Waals surface area contributed by atoms with Crippen LogP contribution in [0.3, 0.4) is 0 Å². The van der Waals surface area contributed by atoms with Crippen LogP contribution in [0.5, 0.6) is 0 Å². The maximum absolute atomic E-state index is 5.68. The van der Waals surface area contributed by atoms with E-state index in [-0.39, 0.29) is 0 Å². The summed E-state index contributed by atoms with van der Waals surface area (Å²) in [6.07, 6.45) is 5.14. The molecule has 2 N–H and O–H groups in total. The fraction of sp³-hybridized carbons (Fsp3) is 1.00. The lowest BCUT2D eigenvalue weighted by Crippen LogP contribution is -2.44. The Hall–Kier alpha value is -0.0800. The summed E-state index contributed by atoms with van der Waals surface area (Å²) in [6, 6.07) is 0.728. The second kappa shape index (κ2) is 6.02. The monoisotopic (exact) mass is 226 g/mol. The average molecular weight is 226 g/mol. The molecule has 0 aromatic rings. The van der Waals surface area contributed by atoms with Crippen LogP contribution in [0.4, 0.5) is 0 Å². The summed E-state index contributed by atoms with van der Waals surface area (Å²) in [7, 11) is 0. The van der Waals surface area contributed by atoms with Gasteiger partial charge in [0.25, 0.3) is 0 Å². The molecular weight excluding hydrogens is 196 g/mol. The summed E-state index contributed by atoms with van der Waals surface area (Å²) in [6.45, 7) is 12.8. The Balaban J connectivity index is 2.41. The summed E-state index contributed by atoms with van der Waals surface area (Å²) < 4.78 is 0. The molecule has 0 radical (unpaired) electrons. The van der Waals surface area contributed by atoms with Crippen LogP contribution in [0.25, 0.3) is 0 Å².